The molecule has 4 rings (SSSR count). The second-order valence-electron chi connectivity index (χ2n) is 15.9. The van der Waals surface area contributed by atoms with E-state index in [0.29, 0.717) is 36.9 Å². The first-order chi connectivity index (χ1) is 30.0. The van der Waals surface area contributed by atoms with Gasteiger partial charge in [-0.1, -0.05) is 92.3 Å². The van der Waals surface area contributed by atoms with Crippen molar-refractivity contribution >= 4 is 39.6 Å². The van der Waals surface area contributed by atoms with Crippen LogP contribution in [0.25, 0.3) is 0 Å². The quantitative estimate of drug-likeness (QED) is 0.0444. The number of carboxylic acids is 1. The number of carboxylic acid groups (broad SMARTS) is 1. The van der Waals surface area contributed by atoms with Gasteiger partial charge in [0, 0.05) is 38.4 Å². The molecule has 0 spiro atoms. The minimum absolute atomic E-state index is 0.00355. The lowest BCUT2D eigenvalue weighted by atomic mass is 10.0. The molecule has 8 N–H and O–H groups in total. The van der Waals surface area contributed by atoms with E-state index in [1.54, 1.807) is 36.4 Å². The lowest BCUT2D eigenvalue weighted by molar-refractivity contribution is -0.142. The zero-order chi connectivity index (χ0) is 45.9. The van der Waals surface area contributed by atoms with Crippen molar-refractivity contribution in [1.29, 1.82) is 0 Å². The van der Waals surface area contributed by atoms with Crippen molar-refractivity contribution in [2.45, 2.75) is 127 Å². The molecule has 0 fully saturated rings. The van der Waals surface area contributed by atoms with Gasteiger partial charge in [-0.15, -0.1) is 0 Å². The van der Waals surface area contributed by atoms with Crippen LogP contribution < -0.4 is 27.0 Å². The number of rotatable bonds is 26. The number of aromatic nitrogens is 2. The molecule has 16 nitrogen and oxygen atoms in total. The molecule has 0 aliphatic carbocycles. The molecule has 0 saturated heterocycles. The van der Waals surface area contributed by atoms with Crippen molar-refractivity contribution in [2.24, 2.45) is 5.73 Å². The topological polar surface area (TPSA) is 252 Å². The second kappa shape index (κ2) is 24.5. The van der Waals surface area contributed by atoms with E-state index in [9.17, 15) is 42.6 Å². The molecule has 0 saturated carbocycles. The Balaban J connectivity index is 1.49. The second-order valence-corrected chi connectivity index (χ2v) is 17.8. The van der Waals surface area contributed by atoms with Crippen molar-refractivity contribution in [1.82, 2.24) is 30.2 Å². The summed E-state index contributed by atoms with van der Waals surface area (Å²) in [6, 6.07) is 14.3. The Morgan fingerprint density at radius 2 is 1.25 bits per heavy atom. The predicted molar refractivity (Wildman–Crippen MR) is 238 cm³/mol. The van der Waals surface area contributed by atoms with Gasteiger partial charge in [-0.3, -0.25) is 19.2 Å². The smallest absolute Gasteiger partial charge is 0.326 e. The minimum atomic E-state index is -3.96. The van der Waals surface area contributed by atoms with Gasteiger partial charge in [0.15, 0.2) is 0 Å². The predicted octanol–water partition coefficient (Wildman–Crippen LogP) is 3.98. The Morgan fingerprint density at radius 3 is 1.89 bits per heavy atom. The Hall–Kier alpha value is -6.07. The molecule has 1 heterocycles. The lowest BCUT2D eigenvalue weighted by Gasteiger charge is -2.25. The highest BCUT2D eigenvalue weighted by Crippen LogP contribution is 2.17. The number of nitrogens with zero attached hydrogens (tertiary/aromatic N) is 2. The van der Waals surface area contributed by atoms with Gasteiger partial charge in [-0.05, 0) is 74.9 Å². The van der Waals surface area contributed by atoms with Crippen molar-refractivity contribution in [3.05, 3.63) is 113 Å². The van der Waals surface area contributed by atoms with E-state index < -0.39 is 57.9 Å². The Bertz CT molecular complexity index is 2230. The van der Waals surface area contributed by atoms with Gasteiger partial charge in [-0.25, -0.2) is 22.2 Å². The molecule has 0 aliphatic rings. The number of nitrogens with one attached hydrogen (secondary N) is 4. The van der Waals surface area contributed by atoms with Crippen LogP contribution in [0.1, 0.15) is 92.7 Å². The van der Waals surface area contributed by atoms with Crippen LogP contribution in [-0.4, -0.2) is 87.9 Å². The highest BCUT2D eigenvalue weighted by molar-refractivity contribution is 7.90. The zero-order valence-corrected chi connectivity index (χ0v) is 37.0. The van der Waals surface area contributed by atoms with Crippen LogP contribution in [0.15, 0.2) is 90.2 Å². The number of phenolic OH excluding ortho intramolecular Hbond substituents is 1. The number of phenols is 1. The monoisotopic (exact) mass is 887 g/mol. The summed E-state index contributed by atoms with van der Waals surface area (Å²) in [6.45, 7) is 6.21. The molecule has 0 aliphatic heterocycles. The van der Waals surface area contributed by atoms with Crippen LogP contribution in [0.4, 0.5) is 0 Å². The van der Waals surface area contributed by atoms with Gasteiger partial charge >= 0.3 is 5.97 Å². The average Bonchev–Trinajstić information content (AvgIpc) is 3.73. The number of aromatic hydroxyl groups is 1. The Kier molecular flexibility index (Phi) is 19.3. The molecule has 4 aromatic rings. The number of aliphatic carboxylic acids is 1. The highest BCUT2D eigenvalue weighted by Gasteiger charge is 2.31. The van der Waals surface area contributed by atoms with Crippen molar-refractivity contribution in [3.8, 4) is 5.75 Å². The minimum Gasteiger partial charge on any atom is -0.508 e. The van der Waals surface area contributed by atoms with E-state index in [0.717, 1.165) is 53.5 Å². The van der Waals surface area contributed by atoms with Crippen LogP contribution in [0.3, 0.4) is 0 Å². The first kappa shape index (κ1) is 49.6. The average molecular weight is 888 g/mol. The molecular formula is C46H61N7O9S. The fraction of sp³-hybridized carbons (Fsp3) is 0.435. The highest BCUT2D eigenvalue weighted by atomic mass is 32.2. The fourth-order valence-electron chi connectivity index (χ4n) is 6.74. The molecule has 340 valence electrons. The molecule has 0 unspecified atom stereocenters. The molecule has 3 aromatic carbocycles. The van der Waals surface area contributed by atoms with Gasteiger partial charge in [0.2, 0.25) is 23.6 Å². The molecule has 1 aromatic heterocycles. The van der Waals surface area contributed by atoms with E-state index in [1.807, 2.05) is 26.0 Å². The number of hydrogen-bond acceptors (Lipinski definition) is 10. The van der Waals surface area contributed by atoms with Gasteiger partial charge in [0.1, 0.15) is 30.2 Å². The summed E-state index contributed by atoms with van der Waals surface area (Å²) in [6.07, 6.45) is 8.57. The third kappa shape index (κ3) is 16.3. The maximum absolute atomic E-state index is 14.2. The van der Waals surface area contributed by atoms with E-state index in [2.05, 4.69) is 33.2 Å². The number of aryl methyl sites for hydroxylation is 2. The first-order valence-corrected chi connectivity index (χ1v) is 22.8. The number of amides is 4. The number of carbonyl (C=O) groups is 5. The lowest BCUT2D eigenvalue weighted by Crippen LogP contribution is -2.58. The first-order valence-electron chi connectivity index (χ1n) is 21.4. The number of imidazole rings is 1. The zero-order valence-electron chi connectivity index (χ0n) is 36.2. The third-order valence-electron chi connectivity index (χ3n) is 10.5. The molecule has 4 amide bonds. The maximum atomic E-state index is 14.2. The molecule has 0 bridgehead atoms. The summed E-state index contributed by atoms with van der Waals surface area (Å²) in [5.41, 5.74) is 9.60. The van der Waals surface area contributed by atoms with Crippen LogP contribution in [0, 0.1) is 13.8 Å². The van der Waals surface area contributed by atoms with Crippen LogP contribution in [0.5, 0.6) is 5.75 Å². The summed E-state index contributed by atoms with van der Waals surface area (Å²) in [5, 5.41) is 30.6. The van der Waals surface area contributed by atoms with E-state index in [1.165, 1.54) is 30.5 Å². The fourth-order valence-corrected chi connectivity index (χ4v) is 7.89. The van der Waals surface area contributed by atoms with Crippen LogP contribution >= 0.6 is 0 Å². The maximum Gasteiger partial charge on any atom is 0.326 e. The molecule has 63 heavy (non-hydrogen) atoms. The van der Waals surface area contributed by atoms with Gasteiger partial charge < -0.3 is 37.2 Å². The standard InChI is InChI=1S/C46H61N7O9S/c1-4-5-6-7-8-12-42(55)48-25-10-9-11-39(50-43(56)38(47)28-35-29-53(30-49-35)63(61,62)37-23-15-32(3)16-24-37)44(57)51-40(26-33-17-13-31(2)14-18-33)45(58)52-41(46(59)60)27-34-19-21-36(54)22-20-34/h13-24,29-30,38-41,54H,4-12,25-28,47H2,1-3H3,(H,48,55)(H,50,56)(H,51,57)(H,52,58)(H,59,60)/t38-,39-,40+,41-/m0/s1. The molecule has 17 heteroatoms. The molecule has 4 atom stereocenters. The Morgan fingerprint density at radius 1 is 0.698 bits per heavy atom. The number of unbranched alkanes of at least 4 members (excludes halogenated alkanes) is 5. The summed E-state index contributed by atoms with van der Waals surface area (Å²) >= 11 is 0. The van der Waals surface area contributed by atoms with E-state index in [4.69, 9.17) is 5.73 Å². The van der Waals surface area contributed by atoms with Crippen molar-refractivity contribution < 1.29 is 42.6 Å². The molecule has 0 radical (unpaired) electrons. The van der Waals surface area contributed by atoms with Gasteiger partial charge in [-0.2, -0.15) is 0 Å². The summed E-state index contributed by atoms with van der Waals surface area (Å²) in [5.74, 6) is -3.61. The Labute approximate surface area is 369 Å². The van der Waals surface area contributed by atoms with Gasteiger partial charge in [0.05, 0.1) is 16.6 Å². The molecular weight excluding hydrogens is 827 g/mol. The number of carbonyl (C=O) groups excluding carboxylic acids is 4. The number of benzene rings is 3. The summed E-state index contributed by atoms with van der Waals surface area (Å²) in [7, 11) is -3.96. The van der Waals surface area contributed by atoms with E-state index in [-0.39, 0.29) is 47.9 Å². The van der Waals surface area contributed by atoms with Crippen LogP contribution in [-0.2, 0) is 53.3 Å². The van der Waals surface area contributed by atoms with Crippen molar-refractivity contribution in [3.63, 3.8) is 0 Å². The summed E-state index contributed by atoms with van der Waals surface area (Å²) < 4.78 is 27.3. The number of nitrogens with two attached hydrogens (primary N) is 1. The largest absolute Gasteiger partial charge is 0.508 e. The van der Waals surface area contributed by atoms with Crippen LogP contribution in [0.2, 0.25) is 0 Å². The SMILES string of the molecule is CCCCCCCC(=O)NCCCC[C@H](NC(=O)[C@@H](N)Cc1cn(S(=O)(=O)c2ccc(C)cc2)cn1)C(=O)N[C@H](Cc1ccc(C)cc1)C(=O)N[C@@H](Cc1ccc(O)cc1)C(=O)O. The normalized spacial score (nSPS) is 13.3. The third-order valence-corrected chi connectivity index (χ3v) is 12.2. The van der Waals surface area contributed by atoms with E-state index >= 15 is 0 Å². The van der Waals surface area contributed by atoms with Crippen molar-refractivity contribution in [2.75, 3.05) is 6.54 Å². The summed E-state index contributed by atoms with van der Waals surface area (Å²) in [4.78, 5) is 70.7. The van der Waals surface area contributed by atoms with Gasteiger partial charge in [0.25, 0.3) is 10.0 Å². The number of hydrogen-bond donors (Lipinski definition) is 7.